The summed E-state index contributed by atoms with van der Waals surface area (Å²) >= 11 is 0. The van der Waals surface area contributed by atoms with Crippen molar-refractivity contribution in [2.75, 3.05) is 13.2 Å². The second kappa shape index (κ2) is 9.21. The molecule has 2 aromatic carbocycles. The van der Waals surface area contributed by atoms with Gasteiger partial charge in [0.05, 0.1) is 6.61 Å². The van der Waals surface area contributed by atoms with E-state index in [2.05, 4.69) is 0 Å². The minimum absolute atomic E-state index is 0.312. The molecule has 5 N–H and O–H groups in total. The van der Waals surface area contributed by atoms with E-state index in [0.717, 1.165) is 0 Å². The highest BCUT2D eigenvalue weighted by Crippen LogP contribution is 2.34. The minimum atomic E-state index is -1.55. The normalized spacial score (nSPS) is 26.7. The fraction of sp³-hybridized carbons (Fsp3) is 0.350. The lowest BCUT2D eigenvalue weighted by molar-refractivity contribution is -0.277. The molecular formula is C20H22O9. The van der Waals surface area contributed by atoms with Crippen LogP contribution in [0.3, 0.4) is 0 Å². The fourth-order valence-electron chi connectivity index (χ4n) is 3.00. The zero-order valence-electron chi connectivity index (χ0n) is 15.3. The number of ether oxygens (including phenoxy) is 3. The molecule has 9 nitrogen and oxygen atoms in total. The monoisotopic (exact) mass is 406 g/mol. The Bertz CT molecular complexity index is 838. The fourth-order valence-corrected chi connectivity index (χ4v) is 3.00. The third-order valence-corrected chi connectivity index (χ3v) is 4.49. The maximum Gasteiger partial charge on any atom is 0.341 e. The van der Waals surface area contributed by atoms with Gasteiger partial charge < -0.3 is 39.7 Å². The first-order chi connectivity index (χ1) is 13.9. The van der Waals surface area contributed by atoms with E-state index in [1.165, 1.54) is 0 Å². The Morgan fingerprint density at radius 2 is 1.76 bits per heavy atom. The van der Waals surface area contributed by atoms with Gasteiger partial charge in [-0.1, -0.05) is 30.3 Å². The van der Waals surface area contributed by atoms with Gasteiger partial charge in [0.25, 0.3) is 0 Å². The molecule has 9 heteroatoms. The van der Waals surface area contributed by atoms with E-state index in [-0.39, 0.29) is 0 Å². The smallest absolute Gasteiger partial charge is 0.341 e. The Labute approximate surface area is 166 Å². The van der Waals surface area contributed by atoms with Gasteiger partial charge in [0, 0.05) is 5.56 Å². The van der Waals surface area contributed by atoms with Gasteiger partial charge in [0.2, 0.25) is 6.29 Å². The molecule has 1 aliphatic rings. The summed E-state index contributed by atoms with van der Waals surface area (Å²) in [5.74, 6) is -0.429. The number of para-hydroxylation sites is 1. The Kier molecular flexibility index (Phi) is 6.68. The number of aliphatic hydroxyl groups is 4. The maximum absolute atomic E-state index is 10.7. The molecule has 0 aliphatic carbocycles. The topological polar surface area (TPSA) is 146 Å². The number of benzene rings is 2. The average Bonchev–Trinajstić information content (AvgIpc) is 2.73. The van der Waals surface area contributed by atoms with E-state index < -0.39 is 49.9 Å². The molecule has 5 atom stereocenters. The lowest BCUT2D eigenvalue weighted by Gasteiger charge is -2.39. The van der Waals surface area contributed by atoms with Crippen molar-refractivity contribution in [3.05, 3.63) is 48.5 Å². The second-order valence-corrected chi connectivity index (χ2v) is 6.52. The molecular weight excluding hydrogens is 384 g/mol. The van der Waals surface area contributed by atoms with Crippen LogP contribution >= 0.6 is 0 Å². The van der Waals surface area contributed by atoms with Crippen LogP contribution in [0.2, 0.25) is 0 Å². The average molecular weight is 406 g/mol. The number of rotatable bonds is 7. The molecule has 3 rings (SSSR count). The quantitative estimate of drug-likeness (QED) is 0.429. The van der Waals surface area contributed by atoms with Gasteiger partial charge in [-0.2, -0.15) is 0 Å². The number of aliphatic carboxylic acids is 1. The molecule has 0 unspecified atom stereocenters. The Hall–Kier alpha value is -2.69. The van der Waals surface area contributed by atoms with E-state index in [4.69, 9.17) is 19.3 Å². The van der Waals surface area contributed by atoms with E-state index in [9.17, 15) is 25.2 Å². The summed E-state index contributed by atoms with van der Waals surface area (Å²) in [6.07, 6.45) is -6.97. The SMILES string of the molecule is O=C(O)COc1cccc(-c2ccccc2O[C@H]2O[C@H](CO)[C@@H](O)[C@H](O)[C@@H]2O)c1. The van der Waals surface area contributed by atoms with Crippen molar-refractivity contribution in [2.24, 2.45) is 0 Å². The molecule has 0 bridgehead atoms. The van der Waals surface area contributed by atoms with Gasteiger partial charge in [-0.05, 0) is 23.8 Å². The van der Waals surface area contributed by atoms with Crippen molar-refractivity contribution in [2.45, 2.75) is 30.7 Å². The van der Waals surface area contributed by atoms with E-state index in [1.54, 1.807) is 48.5 Å². The Morgan fingerprint density at radius 3 is 2.48 bits per heavy atom. The zero-order chi connectivity index (χ0) is 21.0. The van der Waals surface area contributed by atoms with Crippen molar-refractivity contribution in [3.63, 3.8) is 0 Å². The van der Waals surface area contributed by atoms with Gasteiger partial charge in [0.1, 0.15) is 35.9 Å². The highest BCUT2D eigenvalue weighted by Gasteiger charge is 2.44. The molecule has 1 saturated heterocycles. The third kappa shape index (κ3) is 4.84. The number of aliphatic hydroxyl groups excluding tert-OH is 4. The molecule has 1 aliphatic heterocycles. The summed E-state index contributed by atoms with van der Waals surface area (Å²) in [5.41, 5.74) is 1.26. The standard InChI is InChI=1S/C20H22O9/c21-9-15-17(24)18(25)19(26)20(29-15)28-14-7-2-1-6-13(14)11-4-3-5-12(8-11)27-10-16(22)23/h1-8,15,17-21,24-26H,9-10H2,(H,22,23)/t15-,17-,18+,19+,20+/m1/s1. The summed E-state index contributed by atoms with van der Waals surface area (Å²) in [6, 6.07) is 13.6. The van der Waals surface area contributed by atoms with E-state index in [0.29, 0.717) is 22.6 Å². The summed E-state index contributed by atoms with van der Waals surface area (Å²) in [4.78, 5) is 10.7. The summed E-state index contributed by atoms with van der Waals surface area (Å²) in [7, 11) is 0. The number of carboxylic acids is 1. The predicted octanol–water partition coefficient (Wildman–Crippen LogP) is -0.00430. The van der Waals surface area contributed by atoms with Crippen LogP contribution in [0.25, 0.3) is 11.1 Å². The molecule has 0 spiro atoms. The first kappa shape index (κ1) is 21.0. The van der Waals surface area contributed by atoms with Crippen LogP contribution < -0.4 is 9.47 Å². The van der Waals surface area contributed by atoms with Crippen LogP contribution in [0.4, 0.5) is 0 Å². The molecule has 0 aromatic heterocycles. The molecule has 1 fully saturated rings. The molecule has 1 heterocycles. The first-order valence-electron chi connectivity index (χ1n) is 8.92. The molecule has 2 aromatic rings. The van der Waals surface area contributed by atoms with Crippen molar-refractivity contribution in [1.29, 1.82) is 0 Å². The Morgan fingerprint density at radius 1 is 1.00 bits per heavy atom. The van der Waals surface area contributed by atoms with Crippen LogP contribution in [0.15, 0.2) is 48.5 Å². The largest absolute Gasteiger partial charge is 0.482 e. The van der Waals surface area contributed by atoms with Gasteiger partial charge in [0.15, 0.2) is 6.61 Å². The van der Waals surface area contributed by atoms with Crippen LogP contribution in [0.5, 0.6) is 11.5 Å². The van der Waals surface area contributed by atoms with Crippen LogP contribution in [0, 0.1) is 0 Å². The van der Waals surface area contributed by atoms with Crippen LogP contribution in [-0.4, -0.2) is 75.4 Å². The molecule has 0 saturated carbocycles. The summed E-state index contributed by atoms with van der Waals surface area (Å²) in [6.45, 7) is -1.04. The maximum atomic E-state index is 10.7. The van der Waals surface area contributed by atoms with Gasteiger partial charge in [-0.15, -0.1) is 0 Å². The number of hydrogen-bond donors (Lipinski definition) is 5. The highest BCUT2D eigenvalue weighted by molar-refractivity contribution is 5.72. The summed E-state index contributed by atoms with van der Waals surface area (Å²) < 4.78 is 16.3. The predicted molar refractivity (Wildman–Crippen MR) is 99.4 cm³/mol. The van der Waals surface area contributed by atoms with Crippen molar-refractivity contribution < 1.29 is 44.5 Å². The van der Waals surface area contributed by atoms with Crippen molar-refractivity contribution in [3.8, 4) is 22.6 Å². The van der Waals surface area contributed by atoms with Crippen molar-refractivity contribution in [1.82, 2.24) is 0 Å². The van der Waals surface area contributed by atoms with Gasteiger partial charge in [-0.3, -0.25) is 0 Å². The number of carbonyl (C=O) groups is 1. The second-order valence-electron chi connectivity index (χ2n) is 6.52. The minimum Gasteiger partial charge on any atom is -0.482 e. The zero-order valence-corrected chi connectivity index (χ0v) is 15.3. The van der Waals surface area contributed by atoms with E-state index in [1.807, 2.05) is 0 Å². The highest BCUT2D eigenvalue weighted by atomic mass is 16.7. The number of carboxylic acid groups (broad SMARTS) is 1. The number of hydrogen-bond acceptors (Lipinski definition) is 8. The molecule has 156 valence electrons. The van der Waals surface area contributed by atoms with E-state index >= 15 is 0 Å². The molecule has 0 amide bonds. The molecule has 29 heavy (non-hydrogen) atoms. The lowest BCUT2D eigenvalue weighted by Crippen LogP contribution is -2.60. The Balaban J connectivity index is 1.84. The third-order valence-electron chi connectivity index (χ3n) is 4.49. The molecule has 0 radical (unpaired) electrons. The first-order valence-corrected chi connectivity index (χ1v) is 8.92. The lowest BCUT2D eigenvalue weighted by atomic mass is 9.99. The van der Waals surface area contributed by atoms with Crippen LogP contribution in [0.1, 0.15) is 0 Å². The van der Waals surface area contributed by atoms with Gasteiger partial charge >= 0.3 is 5.97 Å². The van der Waals surface area contributed by atoms with Crippen molar-refractivity contribution >= 4 is 5.97 Å². The summed E-state index contributed by atoms with van der Waals surface area (Å²) in [5, 5.41) is 48.1. The van der Waals surface area contributed by atoms with Gasteiger partial charge in [-0.25, -0.2) is 4.79 Å². The van der Waals surface area contributed by atoms with Crippen LogP contribution in [-0.2, 0) is 9.53 Å².